The molecule has 9 nitrogen and oxygen atoms in total. The van der Waals surface area contributed by atoms with Crippen molar-refractivity contribution in [3.8, 4) is 5.75 Å². The highest BCUT2D eigenvalue weighted by molar-refractivity contribution is 7.88. The Morgan fingerprint density at radius 2 is 1.67 bits per heavy atom. The summed E-state index contributed by atoms with van der Waals surface area (Å²) < 4.78 is 30.2. The third kappa shape index (κ3) is 7.37. The predicted molar refractivity (Wildman–Crippen MR) is 136 cm³/mol. The zero-order valence-corrected chi connectivity index (χ0v) is 21.3. The Kier molecular flexibility index (Phi) is 9.15. The molecular formula is C26H30N4O5S. The van der Waals surface area contributed by atoms with E-state index < -0.39 is 34.4 Å². The zero-order valence-electron chi connectivity index (χ0n) is 20.5. The topological polar surface area (TPSA) is 109 Å². The number of benzene rings is 2. The normalized spacial score (nSPS) is 12.1. The van der Waals surface area contributed by atoms with E-state index >= 15 is 0 Å². The molecule has 0 saturated heterocycles. The van der Waals surface area contributed by atoms with E-state index in [0.717, 1.165) is 16.1 Å². The van der Waals surface area contributed by atoms with Crippen molar-refractivity contribution in [1.82, 2.24) is 19.5 Å². The molecule has 0 bridgehead atoms. The summed E-state index contributed by atoms with van der Waals surface area (Å²) in [6.07, 6.45) is 2.67. The van der Waals surface area contributed by atoms with Crippen molar-refractivity contribution < 1.29 is 22.7 Å². The molecule has 36 heavy (non-hydrogen) atoms. The Hall–Kier alpha value is -3.76. The number of nitrogens with one attached hydrogen (secondary N) is 1. The quantitative estimate of drug-likeness (QED) is 0.424. The molecule has 2 amide bonds. The summed E-state index contributed by atoms with van der Waals surface area (Å²) in [7, 11) is -0.720. The summed E-state index contributed by atoms with van der Waals surface area (Å²) >= 11 is 0. The van der Waals surface area contributed by atoms with Crippen LogP contribution in [0.25, 0.3) is 0 Å². The third-order valence-corrected chi connectivity index (χ3v) is 6.86. The molecule has 1 aromatic heterocycles. The van der Waals surface area contributed by atoms with E-state index in [9.17, 15) is 18.0 Å². The van der Waals surface area contributed by atoms with Gasteiger partial charge in [-0.05, 0) is 35.4 Å². The first kappa shape index (κ1) is 26.8. The van der Waals surface area contributed by atoms with Crippen LogP contribution in [-0.4, -0.2) is 61.4 Å². The summed E-state index contributed by atoms with van der Waals surface area (Å²) in [5, 5.41) is 2.87. The number of hydrogen-bond donors (Lipinski definition) is 1. The van der Waals surface area contributed by atoms with Crippen molar-refractivity contribution in [3.63, 3.8) is 0 Å². The molecule has 190 valence electrons. The monoisotopic (exact) mass is 510 g/mol. The maximum absolute atomic E-state index is 13.6. The molecule has 0 radical (unpaired) electrons. The number of likely N-dealkylation sites (N-methyl/N-ethyl adjacent to an activating group) is 1. The van der Waals surface area contributed by atoms with Crippen molar-refractivity contribution in [2.45, 2.75) is 19.1 Å². The van der Waals surface area contributed by atoms with E-state index in [0.29, 0.717) is 17.0 Å². The molecule has 3 rings (SSSR count). The van der Waals surface area contributed by atoms with E-state index in [1.54, 1.807) is 74.0 Å². The van der Waals surface area contributed by atoms with E-state index in [2.05, 4.69) is 10.3 Å². The average molecular weight is 511 g/mol. The van der Waals surface area contributed by atoms with Gasteiger partial charge in [0.2, 0.25) is 21.8 Å². The number of aromatic nitrogens is 1. The minimum Gasteiger partial charge on any atom is -0.497 e. The summed E-state index contributed by atoms with van der Waals surface area (Å²) in [6, 6.07) is 20.4. The molecule has 0 spiro atoms. The van der Waals surface area contributed by atoms with Crippen LogP contribution in [0.5, 0.6) is 5.75 Å². The molecule has 0 aliphatic heterocycles. The number of pyridine rings is 1. The second-order valence-electron chi connectivity index (χ2n) is 8.24. The van der Waals surface area contributed by atoms with Crippen molar-refractivity contribution in [2.75, 3.05) is 27.0 Å². The van der Waals surface area contributed by atoms with Gasteiger partial charge in [-0.2, -0.15) is 4.31 Å². The molecular weight excluding hydrogens is 480 g/mol. The summed E-state index contributed by atoms with van der Waals surface area (Å²) in [4.78, 5) is 32.7. The van der Waals surface area contributed by atoms with Gasteiger partial charge < -0.3 is 15.0 Å². The van der Waals surface area contributed by atoms with Crippen LogP contribution in [0.4, 0.5) is 0 Å². The van der Waals surface area contributed by atoms with Crippen molar-refractivity contribution in [2.24, 2.45) is 0 Å². The number of carbonyl (C=O) groups excluding carboxylic acids is 2. The lowest BCUT2D eigenvalue weighted by Gasteiger charge is -2.32. The maximum Gasteiger partial charge on any atom is 0.247 e. The molecule has 2 aromatic carbocycles. The largest absolute Gasteiger partial charge is 0.497 e. The molecule has 0 aliphatic carbocycles. The van der Waals surface area contributed by atoms with Crippen molar-refractivity contribution in [3.05, 3.63) is 95.8 Å². The van der Waals surface area contributed by atoms with E-state index in [1.165, 1.54) is 11.9 Å². The van der Waals surface area contributed by atoms with Crippen LogP contribution in [0.2, 0.25) is 0 Å². The number of carbonyl (C=O) groups is 2. The molecule has 1 atom stereocenters. The zero-order chi connectivity index (χ0) is 26.1. The second-order valence-corrected chi connectivity index (χ2v) is 10.3. The van der Waals surface area contributed by atoms with Gasteiger partial charge in [0.25, 0.3) is 0 Å². The fourth-order valence-corrected chi connectivity index (χ4v) is 3.88. The van der Waals surface area contributed by atoms with Crippen LogP contribution >= 0.6 is 0 Å². The van der Waals surface area contributed by atoms with Gasteiger partial charge in [0.1, 0.15) is 11.8 Å². The van der Waals surface area contributed by atoms with E-state index in [-0.39, 0.29) is 13.1 Å². The molecule has 1 N–H and O–H groups in total. The highest BCUT2D eigenvalue weighted by Crippen LogP contribution is 2.25. The number of nitrogens with zero attached hydrogens (tertiary/aromatic N) is 3. The minimum atomic E-state index is -3.61. The Bertz CT molecular complexity index is 1250. The van der Waals surface area contributed by atoms with Gasteiger partial charge in [-0.3, -0.25) is 14.6 Å². The fraction of sp³-hybridized carbons (Fsp3) is 0.269. The Morgan fingerprint density at radius 3 is 2.25 bits per heavy atom. The van der Waals surface area contributed by atoms with Crippen molar-refractivity contribution in [1.29, 1.82) is 0 Å². The van der Waals surface area contributed by atoms with E-state index in [1.807, 2.05) is 12.1 Å². The van der Waals surface area contributed by atoms with Gasteiger partial charge in [-0.25, -0.2) is 8.42 Å². The Balaban J connectivity index is 1.97. The molecule has 1 heterocycles. The standard InChI is InChI=1S/C26H30N4O5S/c1-29(36(3,33)34)19-24(31)30(18-20-12-14-23(35-2)15-13-20)25(21-9-5-4-6-10-21)26(32)28-17-22-11-7-8-16-27-22/h4-16,25H,17-19H2,1-3H3,(H,28,32)/t25-/m0/s1. The molecule has 0 saturated carbocycles. The lowest BCUT2D eigenvalue weighted by molar-refractivity contribution is -0.141. The number of rotatable bonds is 11. The SMILES string of the molecule is COc1ccc(CN(C(=O)CN(C)S(C)(=O)=O)[C@H](C(=O)NCc2ccccn2)c2ccccc2)cc1. The summed E-state index contributed by atoms with van der Waals surface area (Å²) in [5.41, 5.74) is 2.02. The van der Waals surface area contributed by atoms with Crippen LogP contribution in [-0.2, 0) is 32.7 Å². The van der Waals surface area contributed by atoms with Gasteiger partial charge in [-0.1, -0.05) is 48.5 Å². The van der Waals surface area contributed by atoms with Crippen LogP contribution in [0.1, 0.15) is 22.9 Å². The van der Waals surface area contributed by atoms with E-state index in [4.69, 9.17) is 4.74 Å². The smallest absolute Gasteiger partial charge is 0.247 e. The summed E-state index contributed by atoms with van der Waals surface area (Å²) in [5.74, 6) is -0.266. The van der Waals surface area contributed by atoms with Crippen LogP contribution in [0, 0.1) is 0 Å². The first-order chi connectivity index (χ1) is 17.2. The fourth-order valence-electron chi connectivity index (χ4n) is 3.53. The van der Waals surface area contributed by atoms with Gasteiger partial charge in [0.15, 0.2) is 0 Å². The van der Waals surface area contributed by atoms with Crippen LogP contribution in [0.15, 0.2) is 79.0 Å². The minimum absolute atomic E-state index is 0.0804. The lowest BCUT2D eigenvalue weighted by Crippen LogP contribution is -2.47. The maximum atomic E-state index is 13.6. The molecule has 0 unspecified atom stereocenters. The number of amides is 2. The third-order valence-electron chi connectivity index (χ3n) is 5.60. The number of ether oxygens (including phenoxy) is 1. The molecule has 10 heteroatoms. The number of methoxy groups -OCH3 is 1. The average Bonchev–Trinajstić information content (AvgIpc) is 2.88. The van der Waals surface area contributed by atoms with Crippen molar-refractivity contribution >= 4 is 21.8 Å². The predicted octanol–water partition coefficient (Wildman–Crippen LogP) is 2.37. The first-order valence-corrected chi connectivity index (χ1v) is 13.1. The molecule has 3 aromatic rings. The molecule has 0 aliphatic rings. The first-order valence-electron chi connectivity index (χ1n) is 11.3. The van der Waals surface area contributed by atoms with Gasteiger partial charge >= 0.3 is 0 Å². The summed E-state index contributed by atoms with van der Waals surface area (Å²) in [6.45, 7) is -0.153. The van der Waals surface area contributed by atoms with Gasteiger partial charge in [0.05, 0.1) is 32.1 Å². The van der Waals surface area contributed by atoms with Gasteiger partial charge in [-0.15, -0.1) is 0 Å². The highest BCUT2D eigenvalue weighted by atomic mass is 32.2. The number of sulfonamides is 1. The Labute approximate surface area is 211 Å². The second kappa shape index (κ2) is 12.3. The van der Waals surface area contributed by atoms with Gasteiger partial charge in [0, 0.05) is 19.8 Å². The highest BCUT2D eigenvalue weighted by Gasteiger charge is 2.32. The number of hydrogen-bond acceptors (Lipinski definition) is 6. The lowest BCUT2D eigenvalue weighted by atomic mass is 10.0. The Morgan fingerprint density at radius 1 is 1.00 bits per heavy atom. The van der Waals surface area contributed by atoms with Crippen LogP contribution < -0.4 is 10.1 Å². The van der Waals surface area contributed by atoms with Crippen LogP contribution in [0.3, 0.4) is 0 Å². The molecule has 0 fully saturated rings.